The molecule has 2 N–H and O–H groups in total. The molecule has 1 fully saturated rings. The number of likely N-dealkylation sites (N-methyl/N-ethyl adjacent to an activating group) is 1. The Morgan fingerprint density at radius 3 is 2.77 bits per heavy atom. The highest BCUT2D eigenvalue weighted by atomic mass is 79.9. The highest BCUT2D eigenvalue weighted by Crippen LogP contribution is 2.32. The SMILES string of the molecule is Cc1cc(NC2CCCN(C)C2)nnc1-c1ccc(C=C(Br)Br)cc1O. The Balaban J connectivity index is 1.80. The third-order valence-electron chi connectivity index (χ3n) is 4.51. The Bertz CT molecular complexity index is 821. The van der Waals surface area contributed by atoms with Crippen LogP contribution in [0.25, 0.3) is 17.3 Å². The first kappa shape index (κ1) is 19.3. The molecular weight excluding hydrogens is 460 g/mol. The first-order chi connectivity index (χ1) is 12.4. The molecule has 1 aliphatic heterocycles. The van der Waals surface area contributed by atoms with E-state index in [0.717, 1.165) is 39.8 Å². The normalized spacial score (nSPS) is 17.8. The molecule has 0 radical (unpaired) electrons. The van der Waals surface area contributed by atoms with Crippen molar-refractivity contribution in [2.75, 3.05) is 25.5 Å². The zero-order valence-electron chi connectivity index (χ0n) is 14.8. The van der Waals surface area contributed by atoms with Gasteiger partial charge in [-0.05, 0) is 101 Å². The summed E-state index contributed by atoms with van der Waals surface area (Å²) in [5.41, 5.74) is 3.25. The first-order valence-electron chi connectivity index (χ1n) is 8.58. The van der Waals surface area contributed by atoms with Crippen molar-refractivity contribution in [2.24, 2.45) is 0 Å². The maximum atomic E-state index is 10.4. The second-order valence-corrected chi connectivity index (χ2v) is 9.49. The average Bonchev–Trinajstić information content (AvgIpc) is 2.55. The van der Waals surface area contributed by atoms with Crippen LogP contribution in [-0.4, -0.2) is 46.4 Å². The molecule has 138 valence electrons. The quantitative estimate of drug-likeness (QED) is 0.659. The van der Waals surface area contributed by atoms with Gasteiger partial charge in [-0.2, -0.15) is 0 Å². The summed E-state index contributed by atoms with van der Waals surface area (Å²) in [4.78, 5) is 2.33. The van der Waals surface area contributed by atoms with Gasteiger partial charge in [0.15, 0.2) is 0 Å². The van der Waals surface area contributed by atoms with E-state index in [9.17, 15) is 5.11 Å². The Labute approximate surface area is 170 Å². The lowest BCUT2D eigenvalue weighted by Gasteiger charge is -2.30. The number of phenols is 1. The van der Waals surface area contributed by atoms with Crippen LogP contribution in [0, 0.1) is 6.92 Å². The number of anilines is 1. The van der Waals surface area contributed by atoms with Crippen LogP contribution in [0.4, 0.5) is 5.82 Å². The molecule has 2 heterocycles. The molecular formula is C19H22Br2N4O. The predicted molar refractivity (Wildman–Crippen MR) is 114 cm³/mol. The third kappa shape index (κ3) is 4.84. The van der Waals surface area contributed by atoms with Gasteiger partial charge in [0, 0.05) is 18.2 Å². The van der Waals surface area contributed by atoms with E-state index < -0.39 is 0 Å². The highest BCUT2D eigenvalue weighted by Gasteiger charge is 2.18. The van der Waals surface area contributed by atoms with Crippen LogP contribution in [0.3, 0.4) is 0 Å². The van der Waals surface area contributed by atoms with Crippen LogP contribution in [-0.2, 0) is 0 Å². The van der Waals surface area contributed by atoms with Crippen molar-refractivity contribution in [3.8, 4) is 17.0 Å². The van der Waals surface area contributed by atoms with Gasteiger partial charge in [0.25, 0.3) is 0 Å². The number of benzene rings is 1. The topological polar surface area (TPSA) is 61.3 Å². The van der Waals surface area contributed by atoms with Crippen molar-refractivity contribution < 1.29 is 5.11 Å². The lowest BCUT2D eigenvalue weighted by molar-refractivity contribution is 0.260. The van der Waals surface area contributed by atoms with Crippen LogP contribution in [0.1, 0.15) is 24.0 Å². The molecule has 1 aliphatic rings. The Kier molecular flexibility index (Phi) is 6.32. The standard InChI is InChI=1S/C19H22Br2N4O/c1-12-8-18(22-14-4-3-7-25(2)11-14)23-24-19(12)15-6-5-13(9-16(15)26)10-17(20)21/h5-6,8-10,14,26H,3-4,7,11H2,1-2H3,(H,22,23). The number of phenolic OH excluding ortho intramolecular Hbond substituents is 1. The maximum Gasteiger partial charge on any atom is 0.149 e. The summed E-state index contributed by atoms with van der Waals surface area (Å²) >= 11 is 6.65. The zero-order chi connectivity index (χ0) is 18.7. The first-order valence-corrected chi connectivity index (χ1v) is 10.2. The lowest BCUT2D eigenvalue weighted by atomic mass is 10.0. The fraction of sp³-hybridized carbons (Fsp3) is 0.368. The van der Waals surface area contributed by atoms with E-state index in [-0.39, 0.29) is 5.75 Å². The molecule has 1 unspecified atom stereocenters. The summed E-state index contributed by atoms with van der Waals surface area (Å²) in [7, 11) is 2.14. The predicted octanol–water partition coefficient (Wildman–Crippen LogP) is 4.75. The number of halogens is 2. The van der Waals surface area contributed by atoms with Crippen LogP contribution in [0.2, 0.25) is 0 Å². The summed E-state index contributed by atoms with van der Waals surface area (Å²) in [5, 5.41) is 22.6. The molecule has 26 heavy (non-hydrogen) atoms. The number of aryl methyl sites for hydroxylation is 1. The van der Waals surface area contributed by atoms with Crippen LogP contribution in [0.5, 0.6) is 5.75 Å². The Morgan fingerprint density at radius 2 is 2.12 bits per heavy atom. The highest BCUT2D eigenvalue weighted by molar-refractivity contribution is 9.28. The summed E-state index contributed by atoms with van der Waals surface area (Å²) in [6, 6.07) is 7.91. The van der Waals surface area contributed by atoms with Crippen LogP contribution in [0.15, 0.2) is 27.7 Å². The number of nitrogens with zero attached hydrogens (tertiary/aromatic N) is 3. The molecule has 0 bridgehead atoms. The van der Waals surface area contributed by atoms with Crippen LogP contribution < -0.4 is 5.32 Å². The van der Waals surface area contributed by atoms with Gasteiger partial charge in [-0.3, -0.25) is 0 Å². The largest absolute Gasteiger partial charge is 0.507 e. The molecule has 7 heteroatoms. The van der Waals surface area contributed by atoms with Gasteiger partial charge in [-0.1, -0.05) is 6.07 Å². The minimum absolute atomic E-state index is 0.187. The van der Waals surface area contributed by atoms with Crippen molar-refractivity contribution in [3.63, 3.8) is 0 Å². The fourth-order valence-electron chi connectivity index (χ4n) is 3.28. The number of aromatic hydroxyl groups is 1. The summed E-state index contributed by atoms with van der Waals surface area (Å²) < 4.78 is 0.817. The number of piperidine rings is 1. The number of rotatable bonds is 4. The molecule has 0 amide bonds. The smallest absolute Gasteiger partial charge is 0.149 e. The number of nitrogens with one attached hydrogen (secondary N) is 1. The van der Waals surface area contributed by atoms with E-state index >= 15 is 0 Å². The van der Waals surface area contributed by atoms with Gasteiger partial charge in [-0.15, -0.1) is 10.2 Å². The van der Waals surface area contributed by atoms with E-state index in [2.05, 4.69) is 59.3 Å². The van der Waals surface area contributed by atoms with Crippen molar-refractivity contribution in [3.05, 3.63) is 38.8 Å². The van der Waals surface area contributed by atoms with Gasteiger partial charge in [0.2, 0.25) is 0 Å². The lowest BCUT2D eigenvalue weighted by Crippen LogP contribution is -2.39. The maximum absolute atomic E-state index is 10.4. The molecule has 2 aromatic rings. The molecule has 0 spiro atoms. The van der Waals surface area contributed by atoms with Crippen molar-refractivity contribution in [2.45, 2.75) is 25.8 Å². The monoisotopic (exact) mass is 480 g/mol. The average molecular weight is 482 g/mol. The minimum Gasteiger partial charge on any atom is -0.507 e. The summed E-state index contributed by atoms with van der Waals surface area (Å²) in [6.07, 6.45) is 4.21. The Hall–Kier alpha value is -1.44. The fourth-order valence-corrected chi connectivity index (χ4v) is 3.81. The van der Waals surface area contributed by atoms with Gasteiger partial charge in [0.05, 0.1) is 9.09 Å². The number of hydrogen-bond acceptors (Lipinski definition) is 5. The van der Waals surface area contributed by atoms with Gasteiger partial charge in [-0.25, -0.2) is 0 Å². The molecule has 3 rings (SSSR count). The molecule has 1 aromatic heterocycles. The molecule has 0 aliphatic carbocycles. The van der Waals surface area contributed by atoms with E-state index in [1.54, 1.807) is 6.07 Å². The van der Waals surface area contributed by atoms with Gasteiger partial charge in [0.1, 0.15) is 11.6 Å². The molecule has 0 saturated carbocycles. The molecule has 1 saturated heterocycles. The number of likely N-dealkylation sites (tertiary alicyclic amines) is 1. The van der Waals surface area contributed by atoms with Gasteiger partial charge >= 0.3 is 0 Å². The third-order valence-corrected chi connectivity index (χ3v) is 4.97. The van der Waals surface area contributed by atoms with E-state index in [1.807, 2.05) is 31.2 Å². The Morgan fingerprint density at radius 1 is 1.31 bits per heavy atom. The van der Waals surface area contributed by atoms with Crippen LogP contribution >= 0.6 is 31.9 Å². The van der Waals surface area contributed by atoms with Gasteiger partial charge < -0.3 is 15.3 Å². The zero-order valence-corrected chi connectivity index (χ0v) is 18.0. The van der Waals surface area contributed by atoms with E-state index in [1.165, 1.54) is 6.42 Å². The van der Waals surface area contributed by atoms with Crippen molar-refractivity contribution in [1.29, 1.82) is 0 Å². The van der Waals surface area contributed by atoms with Crippen molar-refractivity contribution >= 4 is 43.8 Å². The van der Waals surface area contributed by atoms with E-state index in [4.69, 9.17) is 0 Å². The number of aromatic nitrogens is 2. The van der Waals surface area contributed by atoms with E-state index in [0.29, 0.717) is 17.3 Å². The molecule has 1 aromatic carbocycles. The van der Waals surface area contributed by atoms with Crippen molar-refractivity contribution in [1.82, 2.24) is 15.1 Å². The minimum atomic E-state index is 0.187. The number of hydrogen-bond donors (Lipinski definition) is 2. The molecule has 1 atom stereocenters. The molecule has 5 nitrogen and oxygen atoms in total. The second kappa shape index (κ2) is 8.50. The summed E-state index contributed by atoms with van der Waals surface area (Å²) in [5.74, 6) is 0.973. The second-order valence-electron chi connectivity index (χ2n) is 6.72. The summed E-state index contributed by atoms with van der Waals surface area (Å²) in [6.45, 7) is 4.16.